The van der Waals surface area contributed by atoms with Crippen molar-refractivity contribution in [3.8, 4) is 5.75 Å². The Morgan fingerprint density at radius 1 is 1.39 bits per heavy atom. The van der Waals surface area contributed by atoms with Crippen LogP contribution in [0.25, 0.3) is 0 Å². The van der Waals surface area contributed by atoms with Crippen LogP contribution in [0, 0.1) is 0 Å². The van der Waals surface area contributed by atoms with E-state index in [9.17, 15) is 8.42 Å². The molecule has 6 heteroatoms. The van der Waals surface area contributed by atoms with Gasteiger partial charge in [0.25, 0.3) is 0 Å². The number of hydrogen-bond donors (Lipinski definition) is 1. The van der Waals surface area contributed by atoms with Crippen LogP contribution in [0.1, 0.15) is 57.3 Å². The van der Waals surface area contributed by atoms with Gasteiger partial charge >= 0.3 is 0 Å². The van der Waals surface area contributed by atoms with E-state index in [1.54, 1.807) is 21.0 Å². The quantitative estimate of drug-likeness (QED) is 0.827. The minimum atomic E-state index is -3.50. The molecule has 1 saturated heterocycles. The number of hydrogen-bond acceptors (Lipinski definition) is 4. The fourth-order valence-electron chi connectivity index (χ4n) is 2.81. The third-order valence-electron chi connectivity index (χ3n) is 4.39. The minimum absolute atomic E-state index is 0.0795. The van der Waals surface area contributed by atoms with Crippen molar-refractivity contribution < 1.29 is 17.9 Å². The van der Waals surface area contributed by atoms with Crippen molar-refractivity contribution in [3.63, 3.8) is 0 Å². The first-order valence-electron chi connectivity index (χ1n) is 8.12. The second-order valence-electron chi connectivity index (χ2n) is 6.37. The third kappa shape index (κ3) is 3.70. The zero-order valence-corrected chi connectivity index (χ0v) is 15.2. The molecule has 5 nitrogen and oxygen atoms in total. The Balaban J connectivity index is 2.37. The van der Waals surface area contributed by atoms with Gasteiger partial charge in [-0.2, -0.15) is 0 Å². The zero-order chi connectivity index (χ0) is 17.1. The molecular weight excluding hydrogens is 314 g/mol. The molecule has 0 bridgehead atoms. The highest BCUT2D eigenvalue weighted by molar-refractivity contribution is 7.90. The molecule has 0 aromatic heterocycles. The number of benzene rings is 1. The van der Waals surface area contributed by atoms with Gasteiger partial charge in [-0.3, -0.25) is 0 Å². The van der Waals surface area contributed by atoms with Crippen molar-refractivity contribution in [1.29, 1.82) is 0 Å². The lowest BCUT2D eigenvalue weighted by Crippen LogP contribution is -2.40. The van der Waals surface area contributed by atoms with Gasteiger partial charge in [-0.25, -0.2) is 13.1 Å². The molecule has 1 unspecified atom stereocenters. The van der Waals surface area contributed by atoms with Crippen molar-refractivity contribution in [3.05, 3.63) is 29.3 Å². The predicted molar refractivity (Wildman–Crippen MR) is 91.2 cm³/mol. The fourth-order valence-corrected chi connectivity index (χ4v) is 4.10. The van der Waals surface area contributed by atoms with Gasteiger partial charge in [0.15, 0.2) is 0 Å². The van der Waals surface area contributed by atoms with E-state index >= 15 is 0 Å². The lowest BCUT2D eigenvalue weighted by molar-refractivity contribution is 0.111. The molecular formula is C17H27NO4S. The Morgan fingerprint density at radius 3 is 2.70 bits per heavy atom. The first kappa shape index (κ1) is 18.2. The fraction of sp³-hybridized carbons (Fsp3) is 0.647. The summed E-state index contributed by atoms with van der Waals surface area (Å²) < 4.78 is 38.0. The number of nitrogens with one attached hydrogen (secondary N) is 1. The summed E-state index contributed by atoms with van der Waals surface area (Å²) >= 11 is 0. The van der Waals surface area contributed by atoms with E-state index in [0.717, 1.165) is 31.4 Å². The topological polar surface area (TPSA) is 64.6 Å². The van der Waals surface area contributed by atoms with Crippen molar-refractivity contribution in [1.82, 2.24) is 4.72 Å². The van der Waals surface area contributed by atoms with Gasteiger partial charge in [-0.15, -0.1) is 0 Å². The second kappa shape index (κ2) is 7.20. The van der Waals surface area contributed by atoms with E-state index in [2.05, 4.69) is 4.72 Å². The lowest BCUT2D eigenvalue weighted by Gasteiger charge is -2.28. The Labute approximate surface area is 139 Å². The van der Waals surface area contributed by atoms with Crippen LogP contribution in [-0.4, -0.2) is 28.7 Å². The largest absolute Gasteiger partial charge is 0.496 e. The van der Waals surface area contributed by atoms with Crippen LogP contribution < -0.4 is 9.46 Å². The van der Waals surface area contributed by atoms with Crippen LogP contribution in [0.5, 0.6) is 5.75 Å². The second-order valence-corrected chi connectivity index (χ2v) is 8.69. The van der Waals surface area contributed by atoms with Crippen LogP contribution in [0.2, 0.25) is 0 Å². The molecule has 0 aliphatic carbocycles. The Morgan fingerprint density at radius 2 is 2.13 bits per heavy atom. The van der Waals surface area contributed by atoms with Crippen molar-refractivity contribution in [2.24, 2.45) is 0 Å². The maximum absolute atomic E-state index is 12.6. The van der Waals surface area contributed by atoms with E-state index in [-0.39, 0.29) is 6.10 Å². The Bertz CT molecular complexity index is 634. The molecule has 0 spiro atoms. The molecule has 0 saturated carbocycles. The van der Waals surface area contributed by atoms with Gasteiger partial charge < -0.3 is 9.47 Å². The molecule has 2 rings (SSSR count). The van der Waals surface area contributed by atoms with Crippen molar-refractivity contribution in [2.75, 3.05) is 20.3 Å². The van der Waals surface area contributed by atoms with Crippen molar-refractivity contribution in [2.45, 2.75) is 50.9 Å². The normalized spacial score (nSPS) is 19.0. The van der Waals surface area contributed by atoms with Crippen LogP contribution in [0.3, 0.4) is 0 Å². The summed E-state index contributed by atoms with van der Waals surface area (Å²) in [6, 6.07) is 5.70. The van der Waals surface area contributed by atoms with Gasteiger partial charge in [0.05, 0.1) is 13.2 Å². The van der Waals surface area contributed by atoms with E-state index in [0.29, 0.717) is 17.9 Å². The molecule has 1 N–H and O–H groups in total. The first-order chi connectivity index (χ1) is 10.8. The molecule has 1 aromatic carbocycles. The van der Waals surface area contributed by atoms with E-state index in [1.807, 2.05) is 25.1 Å². The summed E-state index contributed by atoms with van der Waals surface area (Å²) in [5.41, 5.74) is 1.70. The average molecular weight is 341 g/mol. The van der Waals surface area contributed by atoms with Gasteiger partial charge in [0.1, 0.15) is 10.5 Å². The highest BCUT2D eigenvalue weighted by atomic mass is 32.2. The molecule has 1 heterocycles. The molecule has 130 valence electrons. The monoisotopic (exact) mass is 341 g/mol. The third-order valence-corrected chi connectivity index (χ3v) is 6.54. The number of sulfonamides is 1. The van der Waals surface area contributed by atoms with E-state index in [4.69, 9.17) is 9.47 Å². The maximum atomic E-state index is 12.6. The lowest BCUT2D eigenvalue weighted by atomic mass is 9.97. The summed E-state index contributed by atoms with van der Waals surface area (Å²) in [5, 5.41) is 0. The SMILES string of the molecule is CCCNS(=O)(=O)C(C)(C)c1ccc(C2CCCO2)cc1OC. The highest BCUT2D eigenvalue weighted by Crippen LogP contribution is 2.39. The summed E-state index contributed by atoms with van der Waals surface area (Å²) in [6.07, 6.45) is 2.87. The molecule has 1 atom stereocenters. The summed E-state index contributed by atoms with van der Waals surface area (Å²) in [6.45, 7) is 6.55. The molecule has 0 amide bonds. The predicted octanol–water partition coefficient (Wildman–Crippen LogP) is 3.11. The van der Waals surface area contributed by atoms with Crippen LogP contribution >= 0.6 is 0 Å². The summed E-state index contributed by atoms with van der Waals surface area (Å²) in [4.78, 5) is 0. The van der Waals surface area contributed by atoms with Gasteiger partial charge in [-0.1, -0.05) is 19.1 Å². The minimum Gasteiger partial charge on any atom is -0.496 e. The smallest absolute Gasteiger partial charge is 0.221 e. The Kier molecular flexibility index (Phi) is 5.70. The van der Waals surface area contributed by atoms with Gasteiger partial charge in [-0.05, 0) is 44.7 Å². The van der Waals surface area contributed by atoms with Gasteiger partial charge in [0.2, 0.25) is 10.0 Å². The molecule has 1 aliphatic rings. The number of ether oxygens (including phenoxy) is 2. The molecule has 0 radical (unpaired) electrons. The van der Waals surface area contributed by atoms with Crippen molar-refractivity contribution >= 4 is 10.0 Å². The first-order valence-corrected chi connectivity index (χ1v) is 9.61. The van der Waals surface area contributed by atoms with Crippen LogP contribution in [-0.2, 0) is 19.5 Å². The molecule has 1 fully saturated rings. The number of methoxy groups -OCH3 is 1. The summed E-state index contributed by atoms with van der Waals surface area (Å²) in [7, 11) is -1.93. The molecule has 1 aliphatic heterocycles. The van der Waals surface area contributed by atoms with E-state index < -0.39 is 14.8 Å². The average Bonchev–Trinajstić information content (AvgIpc) is 3.06. The maximum Gasteiger partial charge on any atom is 0.221 e. The molecule has 1 aromatic rings. The highest BCUT2D eigenvalue weighted by Gasteiger charge is 2.38. The number of rotatable bonds is 7. The van der Waals surface area contributed by atoms with E-state index in [1.165, 1.54) is 0 Å². The Hall–Kier alpha value is -1.11. The summed E-state index contributed by atoms with van der Waals surface area (Å²) in [5.74, 6) is 0.588. The molecule has 23 heavy (non-hydrogen) atoms. The van der Waals surface area contributed by atoms with Crippen LogP contribution in [0.4, 0.5) is 0 Å². The standard InChI is InChI=1S/C17H27NO4S/c1-5-10-18-23(19,20)17(2,3)14-9-8-13(12-16(14)21-4)15-7-6-11-22-15/h8-9,12,15,18H,5-7,10-11H2,1-4H3. The van der Waals surface area contributed by atoms with Gasteiger partial charge in [0, 0.05) is 18.7 Å². The van der Waals surface area contributed by atoms with Crippen LogP contribution in [0.15, 0.2) is 18.2 Å². The zero-order valence-electron chi connectivity index (χ0n) is 14.4.